The van der Waals surface area contributed by atoms with Crippen molar-refractivity contribution in [3.63, 3.8) is 0 Å². The lowest BCUT2D eigenvalue weighted by Gasteiger charge is -2.26. The summed E-state index contributed by atoms with van der Waals surface area (Å²) in [5.74, 6) is 3.83. The fourth-order valence-electron chi connectivity index (χ4n) is 3.93. The van der Waals surface area contributed by atoms with Crippen molar-refractivity contribution in [2.75, 3.05) is 11.9 Å². The molecular weight excluding hydrogens is 400 g/mol. The van der Waals surface area contributed by atoms with Crippen LogP contribution < -0.4 is 10.6 Å². The fourth-order valence-corrected chi connectivity index (χ4v) is 4.11. The maximum atomic E-state index is 6.37. The lowest BCUT2D eigenvalue weighted by atomic mass is 9.79. The Morgan fingerprint density at radius 2 is 1.94 bits per heavy atom. The maximum absolute atomic E-state index is 6.37. The van der Waals surface area contributed by atoms with Crippen LogP contribution in [0.15, 0.2) is 66.4 Å². The van der Waals surface area contributed by atoms with E-state index in [2.05, 4.69) is 76.5 Å². The summed E-state index contributed by atoms with van der Waals surface area (Å²) in [6, 6.07) is 8.48. The van der Waals surface area contributed by atoms with Gasteiger partial charge in [0.1, 0.15) is 5.16 Å². The van der Waals surface area contributed by atoms with Crippen molar-refractivity contribution in [1.82, 2.24) is 5.32 Å². The average molecular weight is 437 g/mol. The topological polar surface area (TPSA) is 24.1 Å². The third-order valence-electron chi connectivity index (χ3n) is 5.74. The van der Waals surface area contributed by atoms with Gasteiger partial charge in [0.15, 0.2) is 0 Å². The Balaban J connectivity index is 1.95. The molecule has 3 heteroatoms. The van der Waals surface area contributed by atoms with Gasteiger partial charge >= 0.3 is 0 Å². The van der Waals surface area contributed by atoms with Gasteiger partial charge in [0.2, 0.25) is 0 Å². The first kappa shape index (κ1) is 25.1. The molecule has 31 heavy (non-hydrogen) atoms. The zero-order valence-electron chi connectivity index (χ0n) is 19.6. The van der Waals surface area contributed by atoms with Crippen LogP contribution in [0, 0.1) is 35.5 Å². The lowest BCUT2D eigenvalue weighted by molar-refractivity contribution is 0.302. The monoisotopic (exact) mass is 436 g/mol. The molecule has 2 N–H and O–H groups in total. The summed E-state index contributed by atoms with van der Waals surface area (Å²) >= 11 is 6.37. The number of rotatable bonds is 8. The second-order valence-corrected chi connectivity index (χ2v) is 10.3. The first-order valence-corrected chi connectivity index (χ1v) is 11.4. The highest BCUT2D eigenvalue weighted by atomic mass is 35.5. The van der Waals surface area contributed by atoms with Crippen LogP contribution >= 0.6 is 11.6 Å². The molecule has 1 aromatic carbocycles. The molecule has 0 bridgehead atoms. The van der Waals surface area contributed by atoms with E-state index in [1.54, 1.807) is 0 Å². The Morgan fingerprint density at radius 3 is 2.48 bits per heavy atom. The van der Waals surface area contributed by atoms with Gasteiger partial charge in [-0.05, 0) is 52.7 Å². The Morgan fingerprint density at radius 1 is 1.29 bits per heavy atom. The van der Waals surface area contributed by atoms with E-state index in [4.69, 9.17) is 18.0 Å². The molecule has 166 valence electrons. The maximum Gasteiger partial charge on any atom is 0.106 e. The number of allylic oxidation sites excluding steroid dienone is 4. The average Bonchev–Trinajstić information content (AvgIpc) is 3.08. The highest BCUT2D eigenvalue weighted by molar-refractivity contribution is 6.31. The van der Waals surface area contributed by atoms with Crippen molar-refractivity contribution in [3.05, 3.63) is 71.9 Å². The van der Waals surface area contributed by atoms with Gasteiger partial charge in [-0.15, -0.1) is 12.3 Å². The molecule has 1 aliphatic rings. The van der Waals surface area contributed by atoms with Crippen LogP contribution in [0.1, 0.15) is 46.6 Å². The van der Waals surface area contributed by atoms with E-state index in [1.807, 2.05) is 30.4 Å². The van der Waals surface area contributed by atoms with Crippen LogP contribution in [-0.4, -0.2) is 12.6 Å². The first-order valence-electron chi connectivity index (χ1n) is 11.0. The Labute approximate surface area is 194 Å². The number of hydrogen-bond acceptors (Lipinski definition) is 2. The van der Waals surface area contributed by atoms with Gasteiger partial charge < -0.3 is 10.6 Å². The summed E-state index contributed by atoms with van der Waals surface area (Å²) in [7, 11) is 0. The van der Waals surface area contributed by atoms with E-state index in [-0.39, 0.29) is 17.3 Å². The number of anilines is 1. The van der Waals surface area contributed by atoms with Crippen molar-refractivity contribution < 1.29 is 0 Å². The van der Waals surface area contributed by atoms with Gasteiger partial charge in [-0.2, -0.15) is 0 Å². The molecule has 2 rings (SSSR count). The second kappa shape index (κ2) is 10.9. The van der Waals surface area contributed by atoms with E-state index in [0.717, 1.165) is 35.4 Å². The molecule has 1 aromatic rings. The van der Waals surface area contributed by atoms with E-state index >= 15 is 0 Å². The molecule has 0 amide bonds. The van der Waals surface area contributed by atoms with E-state index < -0.39 is 0 Å². The minimum Gasteiger partial charge on any atom is -0.346 e. The van der Waals surface area contributed by atoms with E-state index in [9.17, 15) is 0 Å². The third kappa shape index (κ3) is 7.46. The van der Waals surface area contributed by atoms with E-state index in [1.165, 1.54) is 0 Å². The molecule has 1 aliphatic heterocycles. The van der Waals surface area contributed by atoms with Gasteiger partial charge in [-0.25, -0.2) is 0 Å². The summed E-state index contributed by atoms with van der Waals surface area (Å²) in [4.78, 5) is 0. The standard InChI is InChI=1S/C28H37ClN2/c1-9-24-25(18-30-26(24)17-28(6,7)8)20(4)11-10-12-27(29)31-23-15-13-22(14-16-23)21(5)19(2)3/h1,10-16,19,24-26,30-31H,4-5,17-18H2,2-3,6-8H3/b11-10-,27-12-. The number of nitrogens with one attached hydrogen (secondary N) is 2. The molecule has 0 aliphatic carbocycles. The second-order valence-electron chi connectivity index (χ2n) is 9.91. The van der Waals surface area contributed by atoms with Gasteiger partial charge in [-0.1, -0.05) is 83.7 Å². The van der Waals surface area contributed by atoms with Gasteiger partial charge in [-0.3, -0.25) is 0 Å². The molecule has 1 saturated heterocycles. The summed E-state index contributed by atoms with van der Waals surface area (Å²) < 4.78 is 0. The van der Waals surface area contributed by atoms with Crippen LogP contribution in [-0.2, 0) is 0 Å². The normalized spacial score (nSPS) is 22.0. The first-order chi connectivity index (χ1) is 14.5. The highest BCUT2D eigenvalue weighted by Gasteiger charge is 2.37. The van der Waals surface area contributed by atoms with Gasteiger partial charge in [0.25, 0.3) is 0 Å². The largest absolute Gasteiger partial charge is 0.346 e. The molecule has 3 unspecified atom stereocenters. The van der Waals surface area contributed by atoms with E-state index in [0.29, 0.717) is 17.1 Å². The predicted octanol–water partition coefficient (Wildman–Crippen LogP) is 7.23. The minimum atomic E-state index is 0.160. The van der Waals surface area contributed by atoms with Crippen molar-refractivity contribution in [2.24, 2.45) is 23.2 Å². The molecule has 1 fully saturated rings. The van der Waals surface area contributed by atoms with Crippen molar-refractivity contribution in [3.8, 4) is 12.3 Å². The minimum absolute atomic E-state index is 0.160. The fraction of sp³-hybridized carbons (Fsp3) is 0.429. The molecular formula is C28H37ClN2. The quantitative estimate of drug-likeness (QED) is 0.255. The summed E-state index contributed by atoms with van der Waals surface area (Å²) in [5, 5.41) is 7.35. The SMILES string of the molecule is C#CC1C(CC(C)(C)C)NCC1C(=C)/C=C\C=C(\Cl)Nc1ccc(C(=C)C(C)C)cc1. The lowest BCUT2D eigenvalue weighted by Crippen LogP contribution is -2.31. The predicted molar refractivity (Wildman–Crippen MR) is 138 cm³/mol. The third-order valence-corrected chi connectivity index (χ3v) is 5.96. The summed E-state index contributed by atoms with van der Waals surface area (Å²) in [6.07, 6.45) is 12.7. The van der Waals surface area contributed by atoms with Crippen molar-refractivity contribution in [1.29, 1.82) is 0 Å². The van der Waals surface area contributed by atoms with Crippen LogP contribution in [0.5, 0.6) is 0 Å². The van der Waals surface area contributed by atoms with Crippen molar-refractivity contribution in [2.45, 2.75) is 47.1 Å². The van der Waals surface area contributed by atoms with Crippen LogP contribution in [0.2, 0.25) is 0 Å². The van der Waals surface area contributed by atoms with Gasteiger partial charge in [0, 0.05) is 30.1 Å². The van der Waals surface area contributed by atoms with Crippen molar-refractivity contribution >= 4 is 22.9 Å². The van der Waals surface area contributed by atoms with Crippen LogP contribution in [0.25, 0.3) is 5.57 Å². The summed E-state index contributed by atoms with van der Waals surface area (Å²) in [5.41, 5.74) is 4.48. The van der Waals surface area contributed by atoms with Crippen LogP contribution in [0.3, 0.4) is 0 Å². The molecule has 0 radical (unpaired) electrons. The smallest absolute Gasteiger partial charge is 0.106 e. The molecule has 3 atom stereocenters. The zero-order chi connectivity index (χ0) is 23.2. The molecule has 0 saturated carbocycles. The number of hydrogen-bond donors (Lipinski definition) is 2. The highest BCUT2D eigenvalue weighted by Crippen LogP contribution is 2.34. The molecule has 0 spiro atoms. The Hall–Kier alpha value is -2.21. The number of halogens is 1. The Kier molecular flexibility index (Phi) is 8.80. The number of benzene rings is 1. The summed E-state index contributed by atoms with van der Waals surface area (Å²) in [6.45, 7) is 20.3. The van der Waals surface area contributed by atoms with Gasteiger partial charge in [0.05, 0.1) is 0 Å². The molecule has 0 aromatic heterocycles. The molecule has 1 heterocycles. The Bertz CT molecular complexity index is 875. The molecule has 2 nitrogen and oxygen atoms in total. The number of terminal acetylenes is 1. The van der Waals surface area contributed by atoms with Crippen LogP contribution in [0.4, 0.5) is 5.69 Å². The zero-order valence-corrected chi connectivity index (χ0v) is 20.4.